The molecule has 8 heteroatoms. The van der Waals surface area contributed by atoms with Gasteiger partial charge in [-0.1, -0.05) is 36.4 Å². The van der Waals surface area contributed by atoms with Crippen LogP contribution in [0.1, 0.15) is 22.0 Å². The number of carbonyl (C=O) groups excluding carboxylic acids is 2. The van der Waals surface area contributed by atoms with Gasteiger partial charge in [-0.25, -0.2) is 9.37 Å². The molecule has 0 bridgehead atoms. The number of aromatic nitrogens is 2. The molecule has 2 saturated heterocycles. The van der Waals surface area contributed by atoms with E-state index >= 15 is 0 Å². The zero-order valence-electron chi connectivity index (χ0n) is 17.1. The van der Waals surface area contributed by atoms with E-state index in [0.717, 1.165) is 16.7 Å². The molecule has 3 atom stereocenters. The number of amides is 2. The van der Waals surface area contributed by atoms with Crippen molar-refractivity contribution in [2.75, 3.05) is 19.7 Å². The van der Waals surface area contributed by atoms with Crippen molar-refractivity contribution in [2.24, 2.45) is 0 Å². The molecule has 2 aliphatic rings. The molecule has 162 valence electrons. The van der Waals surface area contributed by atoms with Crippen molar-refractivity contribution >= 4 is 11.8 Å². The van der Waals surface area contributed by atoms with Gasteiger partial charge in [0.05, 0.1) is 24.9 Å². The predicted octanol–water partition coefficient (Wildman–Crippen LogP) is 2.09. The topological polar surface area (TPSA) is 86.6 Å². The summed E-state index contributed by atoms with van der Waals surface area (Å²) >= 11 is 0. The first-order valence-electron chi connectivity index (χ1n) is 10.4. The summed E-state index contributed by atoms with van der Waals surface area (Å²) < 4.78 is 13.6. The van der Waals surface area contributed by atoms with E-state index < -0.39 is 0 Å². The molecule has 7 nitrogen and oxygen atoms in total. The summed E-state index contributed by atoms with van der Waals surface area (Å²) in [4.78, 5) is 36.7. The van der Waals surface area contributed by atoms with Gasteiger partial charge in [-0.15, -0.1) is 0 Å². The first-order valence-corrected chi connectivity index (χ1v) is 10.4. The second-order valence-electron chi connectivity index (χ2n) is 8.05. The fraction of sp³-hybridized carbons (Fsp3) is 0.250. The first-order chi connectivity index (χ1) is 15.6. The van der Waals surface area contributed by atoms with Crippen molar-refractivity contribution in [3.63, 3.8) is 0 Å². The fourth-order valence-electron chi connectivity index (χ4n) is 4.79. The van der Waals surface area contributed by atoms with Crippen LogP contribution in [-0.4, -0.2) is 68.5 Å². The largest absolute Gasteiger partial charge is 0.394 e. The van der Waals surface area contributed by atoms with Gasteiger partial charge in [-0.3, -0.25) is 14.6 Å². The molecule has 0 spiro atoms. The van der Waals surface area contributed by atoms with Crippen LogP contribution in [0.4, 0.5) is 4.39 Å². The van der Waals surface area contributed by atoms with E-state index in [4.69, 9.17) is 0 Å². The highest BCUT2D eigenvalue weighted by Crippen LogP contribution is 2.43. The molecule has 32 heavy (non-hydrogen) atoms. The summed E-state index contributed by atoms with van der Waals surface area (Å²) in [6, 6.07) is 13.5. The Morgan fingerprint density at radius 1 is 1.12 bits per heavy atom. The van der Waals surface area contributed by atoms with Crippen LogP contribution in [0, 0.1) is 5.82 Å². The van der Waals surface area contributed by atoms with Crippen LogP contribution in [0.5, 0.6) is 0 Å². The van der Waals surface area contributed by atoms with E-state index in [-0.39, 0.29) is 54.5 Å². The fourth-order valence-corrected chi connectivity index (χ4v) is 4.79. The monoisotopic (exact) mass is 432 g/mol. The number of fused-ring (bicyclic) bond motifs is 1. The molecule has 3 aromatic rings. The van der Waals surface area contributed by atoms with Crippen LogP contribution in [0.3, 0.4) is 0 Å². The molecule has 1 N–H and O–H groups in total. The molecule has 0 saturated carbocycles. The Morgan fingerprint density at radius 2 is 1.94 bits per heavy atom. The van der Waals surface area contributed by atoms with Crippen molar-refractivity contribution in [1.29, 1.82) is 0 Å². The van der Waals surface area contributed by atoms with Crippen LogP contribution in [-0.2, 0) is 4.79 Å². The number of rotatable bonds is 4. The summed E-state index contributed by atoms with van der Waals surface area (Å²) in [5.74, 6) is -0.929. The van der Waals surface area contributed by atoms with Crippen molar-refractivity contribution in [3.05, 3.63) is 84.2 Å². The lowest BCUT2D eigenvalue weighted by atomic mass is 9.73. The summed E-state index contributed by atoms with van der Waals surface area (Å²) in [6.07, 6.45) is 4.32. The highest BCUT2D eigenvalue weighted by atomic mass is 19.1. The second kappa shape index (κ2) is 8.12. The zero-order chi connectivity index (χ0) is 22.2. The van der Waals surface area contributed by atoms with Gasteiger partial charge in [0.2, 0.25) is 5.91 Å². The molecule has 2 amide bonds. The van der Waals surface area contributed by atoms with Gasteiger partial charge in [-0.05, 0) is 28.8 Å². The third kappa shape index (κ3) is 3.42. The average molecular weight is 432 g/mol. The SMILES string of the molecule is O=C(c1cnccn1)N1CC(=O)N2[C@H](C1)[C@@H](c1ccc(-c3cccc(F)c3)cc1)[C@@H]2CO. The number of piperazine rings is 1. The zero-order valence-corrected chi connectivity index (χ0v) is 17.1. The normalized spacial score (nSPS) is 22.3. The van der Waals surface area contributed by atoms with Gasteiger partial charge in [-0.2, -0.15) is 0 Å². The number of hydrogen-bond acceptors (Lipinski definition) is 5. The first kappa shape index (κ1) is 20.3. The van der Waals surface area contributed by atoms with E-state index in [1.165, 1.54) is 35.6 Å². The van der Waals surface area contributed by atoms with Crippen LogP contribution in [0.25, 0.3) is 11.1 Å². The van der Waals surface area contributed by atoms with E-state index in [2.05, 4.69) is 9.97 Å². The van der Waals surface area contributed by atoms with Crippen molar-refractivity contribution < 1.29 is 19.1 Å². The summed E-state index contributed by atoms with van der Waals surface area (Å²) in [7, 11) is 0. The van der Waals surface area contributed by atoms with Crippen LogP contribution in [0.15, 0.2) is 67.1 Å². The van der Waals surface area contributed by atoms with Crippen LogP contribution >= 0.6 is 0 Å². The molecule has 2 aromatic carbocycles. The Hall–Kier alpha value is -3.65. The average Bonchev–Trinajstić information content (AvgIpc) is 2.81. The van der Waals surface area contributed by atoms with Crippen molar-refractivity contribution in [3.8, 4) is 11.1 Å². The minimum atomic E-state index is -0.334. The van der Waals surface area contributed by atoms with E-state index in [0.29, 0.717) is 6.54 Å². The Morgan fingerprint density at radius 3 is 2.62 bits per heavy atom. The van der Waals surface area contributed by atoms with Crippen molar-refractivity contribution in [1.82, 2.24) is 19.8 Å². The molecule has 0 unspecified atom stereocenters. The van der Waals surface area contributed by atoms with Gasteiger partial charge in [0.25, 0.3) is 5.91 Å². The molecule has 5 rings (SSSR count). The van der Waals surface area contributed by atoms with E-state index in [1.807, 2.05) is 30.3 Å². The Balaban J connectivity index is 1.39. The van der Waals surface area contributed by atoms with Crippen LogP contribution in [0.2, 0.25) is 0 Å². The Bertz CT molecular complexity index is 1160. The number of benzene rings is 2. The quantitative estimate of drug-likeness (QED) is 0.682. The van der Waals surface area contributed by atoms with Crippen molar-refractivity contribution in [2.45, 2.75) is 18.0 Å². The number of halogens is 1. The lowest BCUT2D eigenvalue weighted by molar-refractivity contribution is -0.159. The standard InChI is InChI=1S/C24H21FN4O3/c25-18-3-1-2-17(10-18)15-4-6-16(7-5-15)23-20-12-28(13-22(31)29(20)21(23)14-30)24(32)19-11-26-8-9-27-19/h1-11,20-21,23,30H,12-14H2/t20-,21+,23-/m1/s1. The van der Waals surface area contributed by atoms with Gasteiger partial charge < -0.3 is 14.9 Å². The maximum absolute atomic E-state index is 13.6. The van der Waals surface area contributed by atoms with Gasteiger partial charge in [0.1, 0.15) is 18.1 Å². The molecule has 2 fully saturated rings. The molecule has 0 aliphatic carbocycles. The number of aliphatic hydroxyl groups is 1. The lowest BCUT2D eigenvalue weighted by Gasteiger charge is -2.58. The van der Waals surface area contributed by atoms with E-state index in [1.54, 1.807) is 11.0 Å². The summed E-state index contributed by atoms with van der Waals surface area (Å²) in [5.41, 5.74) is 2.82. The Kier molecular flexibility index (Phi) is 5.14. The second-order valence-corrected chi connectivity index (χ2v) is 8.05. The number of aliphatic hydroxyl groups excluding tert-OH is 1. The smallest absolute Gasteiger partial charge is 0.274 e. The summed E-state index contributed by atoms with van der Waals surface area (Å²) in [5, 5.41) is 9.96. The Labute approximate surface area is 184 Å². The lowest BCUT2D eigenvalue weighted by Crippen LogP contribution is -2.73. The molecule has 3 heterocycles. The maximum atomic E-state index is 13.6. The molecule has 2 aliphatic heterocycles. The predicted molar refractivity (Wildman–Crippen MR) is 114 cm³/mol. The number of nitrogens with zero attached hydrogens (tertiary/aromatic N) is 4. The highest BCUT2D eigenvalue weighted by Gasteiger charge is 2.54. The van der Waals surface area contributed by atoms with Gasteiger partial charge in [0, 0.05) is 24.9 Å². The molecular formula is C24H21FN4O3. The third-order valence-electron chi connectivity index (χ3n) is 6.28. The third-order valence-corrected chi connectivity index (χ3v) is 6.28. The number of hydrogen-bond donors (Lipinski definition) is 1. The van der Waals surface area contributed by atoms with Gasteiger partial charge in [0.15, 0.2) is 0 Å². The summed E-state index contributed by atoms with van der Waals surface area (Å²) in [6.45, 7) is 0.151. The molecular weight excluding hydrogens is 411 g/mol. The van der Waals surface area contributed by atoms with Gasteiger partial charge >= 0.3 is 0 Å². The minimum absolute atomic E-state index is 0.0480. The maximum Gasteiger partial charge on any atom is 0.274 e. The molecule has 1 aromatic heterocycles. The molecule has 0 radical (unpaired) electrons. The van der Waals surface area contributed by atoms with E-state index in [9.17, 15) is 19.1 Å². The highest BCUT2D eigenvalue weighted by molar-refractivity contribution is 5.96. The minimum Gasteiger partial charge on any atom is -0.394 e. The number of carbonyl (C=O) groups is 2. The van der Waals surface area contributed by atoms with Crippen LogP contribution < -0.4 is 0 Å².